The quantitative estimate of drug-likeness (QED) is 0.795. The Balaban J connectivity index is 0.00000161. The second-order valence-corrected chi connectivity index (χ2v) is 5.05. The summed E-state index contributed by atoms with van der Waals surface area (Å²) in [6.07, 6.45) is -1.21. The van der Waals surface area contributed by atoms with Crippen molar-refractivity contribution in [3.8, 4) is 11.4 Å². The molecule has 21 heavy (non-hydrogen) atoms. The van der Waals surface area contributed by atoms with Crippen molar-refractivity contribution in [1.29, 1.82) is 0 Å². The summed E-state index contributed by atoms with van der Waals surface area (Å²) < 4.78 is 37.7. The minimum absolute atomic E-state index is 0. The molecule has 1 aliphatic heterocycles. The Hall–Kier alpha value is -1.47. The number of alkyl halides is 3. The molecule has 1 saturated heterocycles. The van der Waals surface area contributed by atoms with E-state index in [9.17, 15) is 13.2 Å². The number of hydrogen-bond donors (Lipinski definition) is 3. The van der Waals surface area contributed by atoms with Crippen molar-refractivity contribution < 1.29 is 13.2 Å². The summed E-state index contributed by atoms with van der Waals surface area (Å²) in [7, 11) is 0. The number of aromatic nitrogens is 3. The van der Waals surface area contributed by atoms with Gasteiger partial charge in [-0.25, -0.2) is 0 Å². The standard InChI is InChI=1S/C13H15F3N4.ClH/c14-13(15,16)9-4-11(18-7-9)12-5-10(19-20-12)8-2-1-3-17-6-8;/h4-5,7-8,17-18H,1-3,6H2,(H,19,20);1H. The van der Waals surface area contributed by atoms with E-state index in [-0.39, 0.29) is 12.4 Å². The van der Waals surface area contributed by atoms with E-state index in [1.54, 1.807) is 0 Å². The highest BCUT2D eigenvalue weighted by Crippen LogP contribution is 2.32. The Morgan fingerprint density at radius 1 is 1.24 bits per heavy atom. The molecule has 116 valence electrons. The minimum Gasteiger partial charge on any atom is -0.359 e. The average Bonchev–Trinajstić information content (AvgIpc) is 3.08. The van der Waals surface area contributed by atoms with Crippen molar-refractivity contribution >= 4 is 12.4 Å². The van der Waals surface area contributed by atoms with Crippen molar-refractivity contribution in [2.75, 3.05) is 13.1 Å². The zero-order chi connectivity index (χ0) is 14.2. The molecule has 0 radical (unpaired) electrons. The summed E-state index contributed by atoms with van der Waals surface area (Å²) in [6, 6.07) is 2.91. The zero-order valence-corrected chi connectivity index (χ0v) is 11.9. The first kappa shape index (κ1) is 15.9. The van der Waals surface area contributed by atoms with E-state index >= 15 is 0 Å². The van der Waals surface area contributed by atoms with E-state index in [0.717, 1.165) is 43.9 Å². The molecule has 0 bridgehead atoms. The van der Waals surface area contributed by atoms with E-state index in [4.69, 9.17) is 0 Å². The summed E-state index contributed by atoms with van der Waals surface area (Å²) in [5.41, 5.74) is 1.18. The highest BCUT2D eigenvalue weighted by molar-refractivity contribution is 5.85. The second-order valence-electron chi connectivity index (χ2n) is 5.05. The molecule has 2 aromatic rings. The summed E-state index contributed by atoms with van der Waals surface area (Å²) in [6.45, 7) is 1.89. The van der Waals surface area contributed by atoms with E-state index in [0.29, 0.717) is 17.3 Å². The third kappa shape index (κ3) is 3.41. The number of nitrogens with zero attached hydrogens (tertiary/aromatic N) is 1. The fraction of sp³-hybridized carbons (Fsp3) is 0.462. The second kappa shape index (κ2) is 6.11. The van der Waals surface area contributed by atoms with Gasteiger partial charge in [0.25, 0.3) is 0 Å². The zero-order valence-electron chi connectivity index (χ0n) is 11.1. The average molecular weight is 321 g/mol. The van der Waals surface area contributed by atoms with Crippen LogP contribution in [0.4, 0.5) is 13.2 Å². The van der Waals surface area contributed by atoms with Crippen LogP contribution >= 0.6 is 12.4 Å². The van der Waals surface area contributed by atoms with Gasteiger partial charge in [-0.2, -0.15) is 18.3 Å². The number of halogens is 4. The molecule has 1 fully saturated rings. The van der Waals surface area contributed by atoms with Gasteiger partial charge in [-0.3, -0.25) is 5.10 Å². The maximum absolute atomic E-state index is 12.6. The monoisotopic (exact) mass is 320 g/mol. The Kier molecular flexibility index (Phi) is 4.63. The van der Waals surface area contributed by atoms with E-state index < -0.39 is 11.7 Å². The van der Waals surface area contributed by atoms with Crippen LogP contribution in [-0.4, -0.2) is 28.3 Å². The molecule has 3 rings (SSSR count). The minimum atomic E-state index is -4.33. The SMILES string of the molecule is Cl.FC(F)(F)c1c[nH]c(-c2cc(C3CCCNC3)[nH]n2)c1. The summed E-state index contributed by atoms with van der Waals surface area (Å²) >= 11 is 0. The van der Waals surface area contributed by atoms with Gasteiger partial charge in [0, 0.05) is 24.4 Å². The van der Waals surface area contributed by atoms with Crippen LogP contribution in [0.1, 0.15) is 30.0 Å². The van der Waals surface area contributed by atoms with Crippen LogP contribution in [0.5, 0.6) is 0 Å². The first-order valence-electron chi connectivity index (χ1n) is 6.56. The van der Waals surface area contributed by atoms with Gasteiger partial charge < -0.3 is 10.3 Å². The van der Waals surface area contributed by atoms with Crippen LogP contribution < -0.4 is 5.32 Å². The van der Waals surface area contributed by atoms with Crippen LogP contribution in [-0.2, 0) is 6.18 Å². The van der Waals surface area contributed by atoms with Gasteiger partial charge in [-0.15, -0.1) is 12.4 Å². The molecule has 0 amide bonds. The fourth-order valence-corrected chi connectivity index (χ4v) is 2.51. The van der Waals surface area contributed by atoms with Crippen LogP contribution in [0, 0.1) is 0 Å². The lowest BCUT2D eigenvalue weighted by Crippen LogP contribution is -2.28. The molecule has 1 unspecified atom stereocenters. The van der Waals surface area contributed by atoms with Gasteiger partial charge in [-0.05, 0) is 31.5 Å². The first-order chi connectivity index (χ1) is 9.54. The highest BCUT2D eigenvalue weighted by Gasteiger charge is 2.32. The molecule has 8 heteroatoms. The molecule has 0 aliphatic carbocycles. The number of aromatic amines is 2. The Morgan fingerprint density at radius 2 is 2.05 bits per heavy atom. The lowest BCUT2D eigenvalue weighted by Gasteiger charge is -2.21. The van der Waals surface area contributed by atoms with Gasteiger partial charge in [0.2, 0.25) is 0 Å². The molecular formula is C13H16ClF3N4. The Labute approximate surface area is 125 Å². The Morgan fingerprint density at radius 3 is 2.67 bits per heavy atom. The van der Waals surface area contributed by atoms with Crippen LogP contribution in [0.15, 0.2) is 18.3 Å². The van der Waals surface area contributed by atoms with Crippen molar-refractivity contribution in [2.45, 2.75) is 24.9 Å². The molecule has 1 aliphatic rings. The largest absolute Gasteiger partial charge is 0.417 e. The molecule has 0 spiro atoms. The van der Waals surface area contributed by atoms with Gasteiger partial charge in [0.05, 0.1) is 11.3 Å². The lowest BCUT2D eigenvalue weighted by atomic mass is 9.96. The summed E-state index contributed by atoms with van der Waals surface area (Å²) in [4.78, 5) is 2.63. The van der Waals surface area contributed by atoms with Gasteiger partial charge in [0.15, 0.2) is 0 Å². The maximum atomic E-state index is 12.6. The third-order valence-electron chi connectivity index (χ3n) is 3.62. The fourth-order valence-electron chi connectivity index (χ4n) is 2.51. The molecular weight excluding hydrogens is 305 g/mol. The molecule has 2 aromatic heterocycles. The van der Waals surface area contributed by atoms with Gasteiger partial charge >= 0.3 is 6.18 Å². The molecule has 4 nitrogen and oxygen atoms in total. The number of H-pyrrole nitrogens is 2. The van der Waals surface area contributed by atoms with Gasteiger partial charge in [-0.1, -0.05) is 0 Å². The lowest BCUT2D eigenvalue weighted by molar-refractivity contribution is -0.137. The predicted octanol–water partition coefficient (Wildman–Crippen LogP) is 3.31. The van der Waals surface area contributed by atoms with Gasteiger partial charge in [0.1, 0.15) is 5.69 Å². The highest BCUT2D eigenvalue weighted by atomic mass is 35.5. The summed E-state index contributed by atoms with van der Waals surface area (Å²) in [5.74, 6) is 0.349. The number of nitrogens with one attached hydrogen (secondary N) is 3. The molecule has 3 N–H and O–H groups in total. The topological polar surface area (TPSA) is 56.5 Å². The third-order valence-corrected chi connectivity index (χ3v) is 3.62. The maximum Gasteiger partial charge on any atom is 0.417 e. The summed E-state index contributed by atoms with van der Waals surface area (Å²) in [5, 5.41) is 10.3. The molecule has 0 aromatic carbocycles. The van der Waals surface area contributed by atoms with Crippen LogP contribution in [0.25, 0.3) is 11.4 Å². The Bertz CT molecular complexity index is 584. The number of piperidine rings is 1. The molecule has 3 heterocycles. The molecule has 1 atom stereocenters. The molecule has 0 saturated carbocycles. The smallest absolute Gasteiger partial charge is 0.359 e. The van der Waals surface area contributed by atoms with E-state index in [1.165, 1.54) is 0 Å². The van der Waals surface area contributed by atoms with E-state index in [1.807, 2.05) is 6.07 Å². The van der Waals surface area contributed by atoms with E-state index in [2.05, 4.69) is 20.5 Å². The van der Waals surface area contributed by atoms with Crippen molar-refractivity contribution in [1.82, 2.24) is 20.5 Å². The van der Waals surface area contributed by atoms with Crippen molar-refractivity contribution in [2.24, 2.45) is 0 Å². The van der Waals surface area contributed by atoms with Crippen LogP contribution in [0.3, 0.4) is 0 Å². The number of hydrogen-bond acceptors (Lipinski definition) is 2. The predicted molar refractivity (Wildman–Crippen MR) is 75.5 cm³/mol. The normalized spacial score (nSPS) is 19.3. The van der Waals surface area contributed by atoms with Crippen molar-refractivity contribution in [3.05, 3.63) is 29.6 Å². The van der Waals surface area contributed by atoms with Crippen molar-refractivity contribution in [3.63, 3.8) is 0 Å². The van der Waals surface area contributed by atoms with Crippen LogP contribution in [0.2, 0.25) is 0 Å². The first-order valence-corrected chi connectivity index (χ1v) is 6.56. The number of rotatable bonds is 2.